The molecule has 0 bridgehead atoms. The van der Waals surface area contributed by atoms with Crippen LogP contribution in [0.15, 0.2) is 78.9 Å². The van der Waals surface area contributed by atoms with Gasteiger partial charge in [0.2, 0.25) is 5.91 Å². The van der Waals surface area contributed by atoms with Gasteiger partial charge in [0.15, 0.2) is 0 Å². The first-order valence-corrected chi connectivity index (χ1v) is 12.1. The van der Waals surface area contributed by atoms with Crippen molar-refractivity contribution in [2.24, 2.45) is 0 Å². The lowest BCUT2D eigenvalue weighted by Crippen LogP contribution is -2.30. The topological polar surface area (TPSA) is 56.1 Å². The van der Waals surface area contributed by atoms with Gasteiger partial charge in [-0.1, -0.05) is 61.5 Å². The van der Waals surface area contributed by atoms with Crippen molar-refractivity contribution in [3.8, 4) is 5.75 Å². The molecule has 1 unspecified atom stereocenters. The van der Waals surface area contributed by atoms with Crippen LogP contribution in [0.1, 0.15) is 49.7 Å². The molecule has 5 heteroatoms. The van der Waals surface area contributed by atoms with Gasteiger partial charge in [0, 0.05) is 6.54 Å². The van der Waals surface area contributed by atoms with Gasteiger partial charge in [-0.3, -0.25) is 4.79 Å². The third kappa shape index (κ3) is 6.04. The minimum Gasteiger partial charge on any atom is -0.494 e. The Kier molecular flexibility index (Phi) is 7.97. The van der Waals surface area contributed by atoms with E-state index in [2.05, 4.69) is 35.0 Å². The van der Waals surface area contributed by atoms with Crippen LogP contribution in [0.2, 0.25) is 0 Å². The van der Waals surface area contributed by atoms with Crippen molar-refractivity contribution in [1.29, 1.82) is 0 Å². The second-order valence-corrected chi connectivity index (χ2v) is 8.62. The highest BCUT2D eigenvalue weighted by Gasteiger charge is 2.18. The van der Waals surface area contributed by atoms with Gasteiger partial charge in [-0.25, -0.2) is 4.98 Å². The summed E-state index contributed by atoms with van der Waals surface area (Å²) in [6.45, 7) is 5.66. The Bertz CT molecular complexity index is 1200. The zero-order chi connectivity index (χ0) is 23.8. The van der Waals surface area contributed by atoms with E-state index in [1.807, 2.05) is 67.6 Å². The van der Waals surface area contributed by atoms with E-state index in [1.165, 1.54) is 5.56 Å². The second kappa shape index (κ2) is 11.5. The van der Waals surface area contributed by atoms with Gasteiger partial charge < -0.3 is 14.6 Å². The summed E-state index contributed by atoms with van der Waals surface area (Å²) >= 11 is 0. The van der Waals surface area contributed by atoms with Crippen LogP contribution in [-0.4, -0.2) is 22.1 Å². The van der Waals surface area contributed by atoms with Crippen molar-refractivity contribution in [1.82, 2.24) is 14.9 Å². The number of para-hydroxylation sites is 2. The summed E-state index contributed by atoms with van der Waals surface area (Å²) in [5.74, 6) is 1.80. The highest BCUT2D eigenvalue weighted by atomic mass is 16.5. The van der Waals surface area contributed by atoms with E-state index in [4.69, 9.17) is 9.72 Å². The van der Waals surface area contributed by atoms with Crippen LogP contribution in [0.25, 0.3) is 11.0 Å². The van der Waals surface area contributed by atoms with Gasteiger partial charge in [-0.2, -0.15) is 0 Å². The fourth-order valence-electron chi connectivity index (χ4n) is 4.18. The normalized spacial score (nSPS) is 11.9. The molecule has 1 heterocycles. The molecule has 34 heavy (non-hydrogen) atoms. The number of hydrogen-bond acceptors (Lipinski definition) is 3. The molecule has 1 amide bonds. The summed E-state index contributed by atoms with van der Waals surface area (Å²) < 4.78 is 8.15. The second-order valence-electron chi connectivity index (χ2n) is 8.62. The maximum Gasteiger partial charge on any atom is 0.224 e. The molecule has 4 rings (SSSR count). The van der Waals surface area contributed by atoms with E-state index >= 15 is 0 Å². The van der Waals surface area contributed by atoms with Crippen molar-refractivity contribution >= 4 is 16.9 Å². The van der Waals surface area contributed by atoms with Crippen LogP contribution >= 0.6 is 0 Å². The fraction of sp³-hybridized carbons (Fsp3) is 0.310. The molecule has 0 aliphatic rings. The number of carbonyl (C=O) groups excluding carboxylic acids is 1. The van der Waals surface area contributed by atoms with E-state index < -0.39 is 0 Å². The summed E-state index contributed by atoms with van der Waals surface area (Å²) in [6, 6.07) is 26.1. The van der Waals surface area contributed by atoms with Crippen LogP contribution in [0, 0.1) is 0 Å². The number of rotatable bonds is 11. The van der Waals surface area contributed by atoms with Crippen LogP contribution in [0.4, 0.5) is 0 Å². The Morgan fingerprint density at radius 3 is 2.44 bits per heavy atom. The van der Waals surface area contributed by atoms with E-state index in [0.29, 0.717) is 13.0 Å². The number of benzene rings is 3. The smallest absolute Gasteiger partial charge is 0.224 e. The Labute approximate surface area is 201 Å². The number of fused-ring (bicyclic) bond motifs is 1. The number of aryl methyl sites for hydroxylation is 2. The van der Waals surface area contributed by atoms with Crippen LogP contribution in [-0.2, 0) is 24.2 Å². The number of carbonyl (C=O) groups is 1. The summed E-state index contributed by atoms with van der Waals surface area (Å²) in [6.07, 6.45) is 3.30. The molecule has 0 radical (unpaired) electrons. The first-order chi connectivity index (χ1) is 16.6. The number of nitrogens with one attached hydrogen (secondary N) is 1. The van der Waals surface area contributed by atoms with Gasteiger partial charge in [-0.05, 0) is 61.6 Å². The average molecular weight is 456 g/mol. The quantitative estimate of drug-likeness (QED) is 0.287. The SMILES string of the molecule is CCc1ccc(OCCCCn2c(C(C)NC(=O)Cc3ccccc3)nc3ccccc32)cc1. The molecule has 3 aromatic carbocycles. The highest BCUT2D eigenvalue weighted by molar-refractivity contribution is 5.79. The molecule has 1 atom stereocenters. The fourth-order valence-corrected chi connectivity index (χ4v) is 4.18. The number of imidazole rings is 1. The number of aromatic nitrogens is 2. The Balaban J connectivity index is 1.36. The zero-order valence-electron chi connectivity index (χ0n) is 20.0. The number of ether oxygens (including phenoxy) is 1. The summed E-state index contributed by atoms with van der Waals surface area (Å²) in [5, 5.41) is 3.13. The van der Waals surface area contributed by atoms with Gasteiger partial charge in [0.25, 0.3) is 0 Å². The molecule has 5 nitrogen and oxygen atoms in total. The molecule has 0 aliphatic heterocycles. The number of unbranched alkanes of at least 4 members (excludes halogenated alkanes) is 1. The number of amides is 1. The molecule has 0 aliphatic carbocycles. The van der Waals surface area contributed by atoms with Crippen LogP contribution in [0.3, 0.4) is 0 Å². The number of hydrogen-bond donors (Lipinski definition) is 1. The number of nitrogens with zero attached hydrogens (tertiary/aromatic N) is 2. The summed E-state index contributed by atoms with van der Waals surface area (Å²) in [4.78, 5) is 17.5. The monoisotopic (exact) mass is 455 g/mol. The Morgan fingerprint density at radius 2 is 1.68 bits per heavy atom. The molecule has 4 aromatic rings. The Morgan fingerprint density at radius 1 is 0.941 bits per heavy atom. The standard InChI is InChI=1S/C29H33N3O2/c1-3-23-15-17-25(18-16-23)34-20-10-9-19-32-27-14-8-7-13-26(27)31-29(32)22(2)30-28(33)21-24-11-5-4-6-12-24/h4-8,11-18,22H,3,9-10,19-21H2,1-2H3,(H,30,33). The molecule has 0 spiro atoms. The van der Waals surface area contributed by atoms with E-state index in [9.17, 15) is 4.79 Å². The highest BCUT2D eigenvalue weighted by Crippen LogP contribution is 2.22. The van der Waals surface area contributed by atoms with Gasteiger partial charge in [-0.15, -0.1) is 0 Å². The lowest BCUT2D eigenvalue weighted by molar-refractivity contribution is -0.121. The maximum absolute atomic E-state index is 12.6. The minimum absolute atomic E-state index is 0.000187. The summed E-state index contributed by atoms with van der Waals surface area (Å²) in [7, 11) is 0. The van der Waals surface area contributed by atoms with Crippen LogP contribution in [0.5, 0.6) is 5.75 Å². The molecule has 0 fully saturated rings. The van der Waals surface area contributed by atoms with Crippen molar-refractivity contribution < 1.29 is 9.53 Å². The van der Waals surface area contributed by atoms with E-state index in [0.717, 1.165) is 54.0 Å². The first-order valence-electron chi connectivity index (χ1n) is 12.1. The van der Waals surface area contributed by atoms with E-state index in [1.54, 1.807) is 0 Å². The van der Waals surface area contributed by atoms with Crippen molar-refractivity contribution in [2.75, 3.05) is 6.61 Å². The molecular weight excluding hydrogens is 422 g/mol. The molecule has 176 valence electrons. The lowest BCUT2D eigenvalue weighted by atomic mass is 10.1. The molecule has 1 aromatic heterocycles. The predicted molar refractivity (Wildman–Crippen MR) is 137 cm³/mol. The minimum atomic E-state index is -0.183. The maximum atomic E-state index is 12.6. The Hall–Kier alpha value is -3.60. The third-order valence-corrected chi connectivity index (χ3v) is 6.03. The molecule has 0 saturated carbocycles. The largest absolute Gasteiger partial charge is 0.494 e. The first kappa shape index (κ1) is 23.6. The van der Waals surface area contributed by atoms with Crippen molar-refractivity contribution in [2.45, 2.75) is 52.1 Å². The van der Waals surface area contributed by atoms with Gasteiger partial charge >= 0.3 is 0 Å². The predicted octanol–water partition coefficient (Wildman–Crippen LogP) is 5.88. The van der Waals surface area contributed by atoms with Gasteiger partial charge in [0.1, 0.15) is 11.6 Å². The molecule has 0 saturated heterocycles. The lowest BCUT2D eigenvalue weighted by Gasteiger charge is -2.16. The van der Waals surface area contributed by atoms with Crippen molar-refractivity contribution in [3.05, 3.63) is 95.8 Å². The van der Waals surface area contributed by atoms with Crippen molar-refractivity contribution in [3.63, 3.8) is 0 Å². The van der Waals surface area contributed by atoms with E-state index in [-0.39, 0.29) is 11.9 Å². The zero-order valence-corrected chi connectivity index (χ0v) is 20.0. The van der Waals surface area contributed by atoms with Crippen LogP contribution < -0.4 is 10.1 Å². The van der Waals surface area contributed by atoms with Gasteiger partial charge in [0.05, 0.1) is 30.1 Å². The average Bonchev–Trinajstić information content (AvgIpc) is 3.23. The molecular formula is C29H33N3O2. The summed E-state index contributed by atoms with van der Waals surface area (Å²) in [5.41, 5.74) is 4.37. The molecule has 1 N–H and O–H groups in total. The third-order valence-electron chi connectivity index (χ3n) is 6.03.